The van der Waals surface area contributed by atoms with E-state index in [1.165, 1.54) is 0 Å². The standard InChI is InChI=1S/C16H24O4/c1-4-6-7-16(17)20-12-13-8-9-14(19-10-5-2)15(11-13)18-3/h8-9,11H,4-7,10,12H2,1-3H3. The molecule has 0 aliphatic heterocycles. The Bertz CT molecular complexity index is 415. The second-order valence-corrected chi connectivity index (χ2v) is 4.60. The number of benzene rings is 1. The summed E-state index contributed by atoms with van der Waals surface area (Å²) in [4.78, 5) is 11.5. The van der Waals surface area contributed by atoms with E-state index in [9.17, 15) is 4.79 Å². The minimum Gasteiger partial charge on any atom is -0.493 e. The highest BCUT2D eigenvalue weighted by Gasteiger charge is 2.07. The first-order valence-corrected chi connectivity index (χ1v) is 7.16. The second-order valence-electron chi connectivity index (χ2n) is 4.60. The monoisotopic (exact) mass is 280 g/mol. The normalized spacial score (nSPS) is 10.2. The molecule has 0 aliphatic rings. The summed E-state index contributed by atoms with van der Waals surface area (Å²) in [6.45, 7) is 5.03. The zero-order chi connectivity index (χ0) is 14.8. The van der Waals surface area contributed by atoms with Gasteiger partial charge in [-0.1, -0.05) is 26.3 Å². The van der Waals surface area contributed by atoms with E-state index in [0.717, 1.165) is 30.6 Å². The molecule has 0 unspecified atom stereocenters. The summed E-state index contributed by atoms with van der Waals surface area (Å²) < 4.78 is 16.1. The molecule has 1 aromatic rings. The van der Waals surface area contributed by atoms with Crippen molar-refractivity contribution >= 4 is 5.97 Å². The molecule has 0 saturated heterocycles. The summed E-state index contributed by atoms with van der Waals surface area (Å²) in [5.41, 5.74) is 0.899. The number of methoxy groups -OCH3 is 1. The number of hydrogen-bond acceptors (Lipinski definition) is 4. The summed E-state index contributed by atoms with van der Waals surface area (Å²) >= 11 is 0. The van der Waals surface area contributed by atoms with Crippen molar-refractivity contribution in [1.29, 1.82) is 0 Å². The van der Waals surface area contributed by atoms with Crippen LogP contribution >= 0.6 is 0 Å². The van der Waals surface area contributed by atoms with Gasteiger partial charge in [-0.05, 0) is 30.5 Å². The van der Waals surface area contributed by atoms with E-state index >= 15 is 0 Å². The number of unbranched alkanes of at least 4 members (excludes halogenated alkanes) is 1. The van der Waals surface area contributed by atoms with Crippen molar-refractivity contribution < 1.29 is 19.0 Å². The van der Waals surface area contributed by atoms with Gasteiger partial charge in [0, 0.05) is 6.42 Å². The van der Waals surface area contributed by atoms with Crippen molar-refractivity contribution in [2.24, 2.45) is 0 Å². The average molecular weight is 280 g/mol. The number of esters is 1. The van der Waals surface area contributed by atoms with Gasteiger partial charge in [0.15, 0.2) is 11.5 Å². The molecule has 0 radical (unpaired) electrons. The number of carbonyl (C=O) groups is 1. The molecule has 1 rings (SSSR count). The molecule has 4 nitrogen and oxygen atoms in total. The van der Waals surface area contributed by atoms with Gasteiger partial charge in [-0.15, -0.1) is 0 Å². The van der Waals surface area contributed by atoms with Crippen LogP contribution in [-0.4, -0.2) is 19.7 Å². The second kappa shape index (κ2) is 9.23. The number of carbonyl (C=O) groups excluding carboxylic acids is 1. The molecule has 4 heteroatoms. The number of rotatable bonds is 9. The Morgan fingerprint density at radius 2 is 1.95 bits per heavy atom. The Labute approximate surface area is 121 Å². The first kappa shape index (κ1) is 16.3. The molecule has 0 aromatic heterocycles. The average Bonchev–Trinajstić information content (AvgIpc) is 2.49. The molecular weight excluding hydrogens is 256 g/mol. The van der Waals surface area contributed by atoms with Crippen LogP contribution < -0.4 is 9.47 Å². The number of hydrogen-bond donors (Lipinski definition) is 0. The molecule has 0 heterocycles. The van der Waals surface area contributed by atoms with Crippen molar-refractivity contribution in [1.82, 2.24) is 0 Å². The lowest BCUT2D eigenvalue weighted by Gasteiger charge is -2.12. The maximum absolute atomic E-state index is 11.5. The topological polar surface area (TPSA) is 44.8 Å². The van der Waals surface area contributed by atoms with Crippen LogP contribution in [0.15, 0.2) is 18.2 Å². The lowest BCUT2D eigenvalue weighted by atomic mass is 10.2. The molecule has 0 atom stereocenters. The molecule has 20 heavy (non-hydrogen) atoms. The van der Waals surface area contributed by atoms with Crippen LogP contribution in [0.4, 0.5) is 0 Å². The molecule has 0 fully saturated rings. The van der Waals surface area contributed by atoms with Gasteiger partial charge in [0.25, 0.3) is 0 Å². The van der Waals surface area contributed by atoms with Gasteiger partial charge in [-0.3, -0.25) is 4.79 Å². The van der Waals surface area contributed by atoms with Gasteiger partial charge < -0.3 is 14.2 Å². The predicted molar refractivity (Wildman–Crippen MR) is 78.1 cm³/mol. The van der Waals surface area contributed by atoms with Gasteiger partial charge in [-0.2, -0.15) is 0 Å². The Morgan fingerprint density at radius 1 is 1.15 bits per heavy atom. The Kier molecular flexibility index (Phi) is 7.55. The lowest BCUT2D eigenvalue weighted by Crippen LogP contribution is -2.04. The summed E-state index contributed by atoms with van der Waals surface area (Å²) in [6.07, 6.45) is 3.28. The van der Waals surface area contributed by atoms with Gasteiger partial charge >= 0.3 is 5.97 Å². The predicted octanol–water partition coefficient (Wildman–Crippen LogP) is 3.72. The van der Waals surface area contributed by atoms with Gasteiger partial charge in [-0.25, -0.2) is 0 Å². The molecule has 0 aliphatic carbocycles. The van der Waals surface area contributed by atoms with E-state index in [1.54, 1.807) is 7.11 Å². The van der Waals surface area contributed by atoms with Crippen LogP contribution in [0.3, 0.4) is 0 Å². The quantitative estimate of drug-likeness (QED) is 0.647. The molecule has 1 aromatic carbocycles. The zero-order valence-electron chi connectivity index (χ0n) is 12.6. The van der Waals surface area contributed by atoms with E-state index in [1.807, 2.05) is 25.1 Å². The van der Waals surface area contributed by atoms with E-state index in [2.05, 4.69) is 6.92 Å². The SMILES string of the molecule is CCCCC(=O)OCc1ccc(OCCC)c(OC)c1. The third-order valence-electron chi connectivity index (χ3n) is 2.82. The van der Waals surface area contributed by atoms with Crippen LogP contribution in [0.5, 0.6) is 11.5 Å². The Morgan fingerprint density at radius 3 is 2.60 bits per heavy atom. The summed E-state index contributed by atoms with van der Waals surface area (Å²) in [5, 5.41) is 0. The third kappa shape index (κ3) is 5.51. The van der Waals surface area contributed by atoms with Gasteiger partial charge in [0.05, 0.1) is 13.7 Å². The summed E-state index contributed by atoms with van der Waals surface area (Å²) in [7, 11) is 1.60. The van der Waals surface area contributed by atoms with Crippen molar-refractivity contribution in [3.8, 4) is 11.5 Å². The summed E-state index contributed by atoms with van der Waals surface area (Å²) in [5.74, 6) is 1.23. The van der Waals surface area contributed by atoms with Crippen molar-refractivity contribution in [3.63, 3.8) is 0 Å². The smallest absolute Gasteiger partial charge is 0.306 e. The fraction of sp³-hybridized carbons (Fsp3) is 0.562. The van der Waals surface area contributed by atoms with Crippen LogP contribution in [0.25, 0.3) is 0 Å². The molecule has 0 spiro atoms. The fourth-order valence-corrected chi connectivity index (χ4v) is 1.69. The molecular formula is C16H24O4. The van der Waals surface area contributed by atoms with Gasteiger partial charge in [0.2, 0.25) is 0 Å². The molecule has 112 valence electrons. The molecule has 0 amide bonds. The fourth-order valence-electron chi connectivity index (χ4n) is 1.69. The Hall–Kier alpha value is -1.71. The number of ether oxygens (including phenoxy) is 3. The van der Waals surface area contributed by atoms with Crippen molar-refractivity contribution in [2.75, 3.05) is 13.7 Å². The zero-order valence-corrected chi connectivity index (χ0v) is 12.6. The molecule has 0 saturated carbocycles. The van der Waals surface area contributed by atoms with E-state index < -0.39 is 0 Å². The van der Waals surface area contributed by atoms with Crippen molar-refractivity contribution in [2.45, 2.75) is 46.1 Å². The first-order chi connectivity index (χ1) is 9.71. The minimum atomic E-state index is -0.155. The van der Waals surface area contributed by atoms with Crippen LogP contribution in [0.1, 0.15) is 45.1 Å². The Balaban J connectivity index is 2.56. The maximum atomic E-state index is 11.5. The van der Waals surface area contributed by atoms with Gasteiger partial charge in [0.1, 0.15) is 6.61 Å². The molecule has 0 N–H and O–H groups in total. The highest BCUT2D eigenvalue weighted by atomic mass is 16.5. The van der Waals surface area contributed by atoms with Crippen LogP contribution in [0, 0.1) is 0 Å². The van der Waals surface area contributed by atoms with E-state index in [-0.39, 0.29) is 12.6 Å². The van der Waals surface area contributed by atoms with E-state index in [0.29, 0.717) is 18.8 Å². The largest absolute Gasteiger partial charge is 0.493 e. The third-order valence-corrected chi connectivity index (χ3v) is 2.82. The highest BCUT2D eigenvalue weighted by Crippen LogP contribution is 2.28. The lowest BCUT2D eigenvalue weighted by molar-refractivity contribution is -0.145. The minimum absolute atomic E-state index is 0.155. The van der Waals surface area contributed by atoms with Crippen LogP contribution in [-0.2, 0) is 16.1 Å². The van der Waals surface area contributed by atoms with E-state index in [4.69, 9.17) is 14.2 Å². The van der Waals surface area contributed by atoms with Crippen LogP contribution in [0.2, 0.25) is 0 Å². The van der Waals surface area contributed by atoms with Crippen molar-refractivity contribution in [3.05, 3.63) is 23.8 Å². The maximum Gasteiger partial charge on any atom is 0.306 e. The first-order valence-electron chi connectivity index (χ1n) is 7.16. The summed E-state index contributed by atoms with van der Waals surface area (Å²) in [6, 6.07) is 5.59. The highest BCUT2D eigenvalue weighted by molar-refractivity contribution is 5.69. The molecule has 0 bridgehead atoms.